The van der Waals surface area contributed by atoms with Crippen molar-refractivity contribution in [1.82, 2.24) is 34.2 Å². The van der Waals surface area contributed by atoms with E-state index >= 15 is 4.39 Å². The summed E-state index contributed by atoms with van der Waals surface area (Å²) in [5.41, 5.74) is 4.53. The van der Waals surface area contributed by atoms with E-state index < -0.39 is 18.1 Å². The van der Waals surface area contributed by atoms with Gasteiger partial charge in [-0.3, -0.25) is 19.0 Å². The third-order valence-corrected chi connectivity index (χ3v) is 8.83. The molecule has 2 fully saturated rings. The predicted octanol–water partition coefficient (Wildman–Crippen LogP) is 4.75. The Morgan fingerprint density at radius 3 is 2.54 bits per heavy atom. The summed E-state index contributed by atoms with van der Waals surface area (Å²) >= 11 is 0. The number of halogens is 3. The van der Waals surface area contributed by atoms with Crippen LogP contribution in [0.4, 0.5) is 18.9 Å². The Balaban J connectivity index is 1.05. The number of aromatic nitrogens is 6. The van der Waals surface area contributed by atoms with Gasteiger partial charge in [-0.05, 0) is 35.9 Å². The van der Waals surface area contributed by atoms with E-state index in [9.17, 15) is 13.6 Å². The van der Waals surface area contributed by atoms with E-state index in [2.05, 4.69) is 49.3 Å². The zero-order chi connectivity index (χ0) is 31.4. The fourth-order valence-corrected chi connectivity index (χ4v) is 6.33. The molecule has 0 atom stereocenters. The smallest absolute Gasteiger partial charge is 0.329 e. The molecule has 2 aliphatic heterocycles. The van der Waals surface area contributed by atoms with Crippen molar-refractivity contribution in [3.05, 3.63) is 94.4 Å². The molecule has 2 aromatic carbocycles. The van der Waals surface area contributed by atoms with E-state index in [1.807, 2.05) is 11.1 Å². The highest BCUT2D eigenvalue weighted by Gasteiger charge is 2.29. The molecule has 1 N–H and O–H groups in total. The third-order valence-electron chi connectivity index (χ3n) is 8.83. The minimum Gasteiger partial charge on any atom is -0.415 e. The lowest BCUT2D eigenvalue weighted by molar-refractivity contribution is -0.0231. The van der Waals surface area contributed by atoms with Gasteiger partial charge in [0.25, 0.3) is 5.89 Å². The molecule has 236 valence electrons. The van der Waals surface area contributed by atoms with Crippen LogP contribution in [0.3, 0.4) is 0 Å². The molecule has 0 amide bonds. The molecule has 8 rings (SSSR count). The monoisotopic (exact) mass is 630 g/mol. The highest BCUT2D eigenvalue weighted by molar-refractivity contribution is 5.83. The zero-order valence-electron chi connectivity index (χ0n) is 24.6. The molecule has 6 heterocycles. The summed E-state index contributed by atoms with van der Waals surface area (Å²) < 4.78 is 55.1. The standard InChI is InChI=1S/C32H29F3N8O3/c33-24-12-27-28(13-26(24)41-10-8-40(9-11-41)15-20-2-1-3-25-23(20)6-7-36-25)43(22-17-45-18-22)32(44)42(27)16-21-5-4-19(14-37-21)30-38-39-31(46-30)29(34)35/h1-7,12-14,22,29,36H,8-11,15-18H2. The van der Waals surface area contributed by atoms with E-state index in [1.54, 1.807) is 22.8 Å². The van der Waals surface area contributed by atoms with Gasteiger partial charge >= 0.3 is 12.1 Å². The Hall–Kier alpha value is -4.95. The number of nitrogens with one attached hydrogen (secondary N) is 1. The highest BCUT2D eigenvalue weighted by Crippen LogP contribution is 2.31. The van der Waals surface area contributed by atoms with Crippen LogP contribution >= 0.6 is 0 Å². The first-order valence-electron chi connectivity index (χ1n) is 15.0. The number of ether oxygens (including phenoxy) is 1. The normalized spacial score (nSPS) is 16.2. The number of pyridine rings is 1. The third kappa shape index (κ3) is 5.03. The molecule has 0 bridgehead atoms. The van der Waals surface area contributed by atoms with Gasteiger partial charge in [0.05, 0.1) is 53.8 Å². The largest absolute Gasteiger partial charge is 0.415 e. The van der Waals surface area contributed by atoms with Crippen LogP contribution in [0.1, 0.15) is 29.6 Å². The average Bonchev–Trinajstić information content (AvgIpc) is 3.78. The lowest BCUT2D eigenvalue weighted by atomic mass is 10.1. The first-order valence-corrected chi connectivity index (χ1v) is 15.0. The quantitative estimate of drug-likeness (QED) is 0.257. The molecule has 0 unspecified atom stereocenters. The number of piperazine rings is 1. The minimum atomic E-state index is -2.87. The molecule has 0 aliphatic carbocycles. The lowest BCUT2D eigenvalue weighted by Crippen LogP contribution is -2.46. The molecule has 46 heavy (non-hydrogen) atoms. The number of rotatable bonds is 8. The van der Waals surface area contributed by atoms with E-state index in [0.29, 0.717) is 54.3 Å². The molecule has 0 spiro atoms. The number of anilines is 1. The Bertz CT molecular complexity index is 2090. The minimum absolute atomic E-state index is 0.0770. The van der Waals surface area contributed by atoms with Gasteiger partial charge < -0.3 is 19.0 Å². The second kappa shape index (κ2) is 11.4. The first kappa shape index (κ1) is 28.5. The van der Waals surface area contributed by atoms with Gasteiger partial charge in [0.1, 0.15) is 5.82 Å². The van der Waals surface area contributed by atoms with Crippen LogP contribution in [0.5, 0.6) is 0 Å². The van der Waals surface area contributed by atoms with Crippen LogP contribution in [-0.2, 0) is 17.8 Å². The van der Waals surface area contributed by atoms with Gasteiger partial charge in [-0.1, -0.05) is 12.1 Å². The lowest BCUT2D eigenvalue weighted by Gasteiger charge is -2.36. The van der Waals surface area contributed by atoms with Crippen LogP contribution in [0.15, 0.2) is 70.1 Å². The molecule has 11 nitrogen and oxygen atoms in total. The number of H-pyrrole nitrogens is 1. The molecular formula is C32H29F3N8O3. The Morgan fingerprint density at radius 2 is 1.83 bits per heavy atom. The topological polar surface area (TPSA) is 110 Å². The van der Waals surface area contributed by atoms with E-state index in [4.69, 9.17) is 9.15 Å². The Morgan fingerprint density at radius 1 is 0.978 bits per heavy atom. The van der Waals surface area contributed by atoms with Crippen molar-refractivity contribution in [2.24, 2.45) is 0 Å². The highest BCUT2D eigenvalue weighted by atomic mass is 19.3. The van der Waals surface area contributed by atoms with Crippen LogP contribution in [0, 0.1) is 5.82 Å². The van der Waals surface area contributed by atoms with Crippen molar-refractivity contribution in [3.63, 3.8) is 0 Å². The van der Waals surface area contributed by atoms with Gasteiger partial charge in [0.2, 0.25) is 5.89 Å². The van der Waals surface area contributed by atoms with E-state index in [1.165, 1.54) is 27.8 Å². The van der Waals surface area contributed by atoms with Gasteiger partial charge in [0, 0.05) is 62.1 Å². The number of nitrogens with zero attached hydrogens (tertiary/aromatic N) is 7. The number of benzene rings is 2. The number of fused-ring (bicyclic) bond motifs is 2. The van der Waals surface area contributed by atoms with Crippen molar-refractivity contribution < 1.29 is 22.3 Å². The van der Waals surface area contributed by atoms with Gasteiger partial charge in [-0.2, -0.15) is 8.78 Å². The number of alkyl halides is 2. The molecule has 6 aromatic rings. The fraction of sp³-hybridized carbons (Fsp3) is 0.312. The van der Waals surface area contributed by atoms with Crippen molar-refractivity contribution in [1.29, 1.82) is 0 Å². The Kier molecular flexibility index (Phi) is 7.10. The van der Waals surface area contributed by atoms with Crippen LogP contribution in [-0.4, -0.2) is 73.6 Å². The summed E-state index contributed by atoms with van der Waals surface area (Å²) in [5, 5.41) is 8.20. The van der Waals surface area contributed by atoms with Gasteiger partial charge in [0.15, 0.2) is 0 Å². The van der Waals surface area contributed by atoms with Crippen LogP contribution in [0.25, 0.3) is 33.4 Å². The fourth-order valence-electron chi connectivity index (χ4n) is 6.33. The SMILES string of the molecule is O=c1n(Cc2ccc(-c3nnc(C(F)F)o3)cn2)c2cc(F)c(N3CCN(Cc4cccc5[nH]ccc45)CC3)cc2n1C1COC1. The van der Waals surface area contributed by atoms with Crippen molar-refractivity contribution in [2.45, 2.75) is 25.6 Å². The number of hydrogen-bond donors (Lipinski definition) is 1. The average molecular weight is 631 g/mol. The molecule has 4 aromatic heterocycles. The zero-order valence-corrected chi connectivity index (χ0v) is 24.6. The summed E-state index contributed by atoms with van der Waals surface area (Å²) in [6, 6.07) is 14.7. The van der Waals surface area contributed by atoms with Crippen molar-refractivity contribution in [3.8, 4) is 11.5 Å². The van der Waals surface area contributed by atoms with E-state index in [-0.39, 0.29) is 24.2 Å². The second-order valence-electron chi connectivity index (χ2n) is 11.6. The predicted molar refractivity (Wildman–Crippen MR) is 163 cm³/mol. The number of hydrogen-bond acceptors (Lipinski definition) is 8. The summed E-state index contributed by atoms with van der Waals surface area (Å²) in [6.45, 7) is 4.54. The molecule has 0 radical (unpaired) electrons. The van der Waals surface area contributed by atoms with Gasteiger partial charge in [-0.25, -0.2) is 9.18 Å². The number of imidazole rings is 1. The Labute approximate surface area is 259 Å². The molecule has 14 heteroatoms. The summed E-state index contributed by atoms with van der Waals surface area (Å²) in [5.74, 6) is -1.25. The number of aromatic amines is 1. The molecular weight excluding hydrogens is 601 g/mol. The van der Waals surface area contributed by atoms with Crippen molar-refractivity contribution in [2.75, 3.05) is 44.3 Å². The maximum absolute atomic E-state index is 15.8. The molecule has 0 saturated carbocycles. The first-order chi connectivity index (χ1) is 22.4. The van der Waals surface area contributed by atoms with E-state index in [0.717, 1.165) is 25.2 Å². The van der Waals surface area contributed by atoms with Crippen LogP contribution < -0.4 is 10.6 Å². The van der Waals surface area contributed by atoms with Crippen molar-refractivity contribution >= 4 is 27.6 Å². The maximum atomic E-state index is 15.8. The molecule has 2 saturated heterocycles. The summed E-state index contributed by atoms with van der Waals surface area (Å²) in [7, 11) is 0. The second-order valence-corrected chi connectivity index (χ2v) is 11.6. The summed E-state index contributed by atoms with van der Waals surface area (Å²) in [4.78, 5) is 25.8. The molecule has 2 aliphatic rings. The summed E-state index contributed by atoms with van der Waals surface area (Å²) in [6.07, 6.45) is 0.492. The van der Waals surface area contributed by atoms with Gasteiger partial charge in [-0.15, -0.1) is 10.2 Å². The maximum Gasteiger partial charge on any atom is 0.329 e. The van der Waals surface area contributed by atoms with Crippen LogP contribution in [0.2, 0.25) is 0 Å².